The predicted molar refractivity (Wildman–Crippen MR) is 76.7 cm³/mol. The third-order valence-electron chi connectivity index (χ3n) is 3.59. The van der Waals surface area contributed by atoms with Gasteiger partial charge in [-0.3, -0.25) is 9.59 Å². The molecule has 1 fully saturated rings. The number of rotatable bonds is 3. The molecule has 1 saturated heterocycles. The van der Waals surface area contributed by atoms with Crippen LogP contribution in [-0.4, -0.2) is 42.3 Å². The fourth-order valence-electron chi connectivity index (χ4n) is 2.71. The van der Waals surface area contributed by atoms with Gasteiger partial charge in [0.05, 0.1) is 6.04 Å². The van der Waals surface area contributed by atoms with Crippen LogP contribution < -0.4 is 5.73 Å². The van der Waals surface area contributed by atoms with E-state index < -0.39 is 11.8 Å². The molecule has 1 aliphatic rings. The standard InChI is InChI=1S/C15H21N3O2/c1-17(2)10-11-5-7-12(8-6-11)13-4-3-9-18(13)15(20)14(16)19/h5-8,13H,3-4,9-10H2,1-2H3,(H2,16,19)/t13-/m1/s1. The molecular weight excluding hydrogens is 254 g/mol. The van der Waals surface area contributed by atoms with Crippen molar-refractivity contribution in [1.82, 2.24) is 9.80 Å². The number of hydrogen-bond acceptors (Lipinski definition) is 3. The Bertz CT molecular complexity index is 496. The van der Waals surface area contributed by atoms with Crippen molar-refractivity contribution >= 4 is 11.8 Å². The number of carbonyl (C=O) groups is 2. The number of hydrogen-bond donors (Lipinski definition) is 1. The highest BCUT2D eigenvalue weighted by atomic mass is 16.2. The molecule has 1 atom stereocenters. The first-order chi connectivity index (χ1) is 9.49. The van der Waals surface area contributed by atoms with Crippen LogP contribution in [0.25, 0.3) is 0 Å². The highest BCUT2D eigenvalue weighted by Gasteiger charge is 2.32. The summed E-state index contributed by atoms with van der Waals surface area (Å²) < 4.78 is 0. The van der Waals surface area contributed by atoms with E-state index in [1.807, 2.05) is 26.2 Å². The molecule has 0 aliphatic carbocycles. The van der Waals surface area contributed by atoms with E-state index in [4.69, 9.17) is 5.73 Å². The molecule has 0 unspecified atom stereocenters. The molecule has 1 aromatic carbocycles. The number of primary amides is 1. The largest absolute Gasteiger partial charge is 0.361 e. The maximum Gasteiger partial charge on any atom is 0.312 e. The quantitative estimate of drug-likeness (QED) is 0.833. The summed E-state index contributed by atoms with van der Waals surface area (Å²) in [4.78, 5) is 26.5. The summed E-state index contributed by atoms with van der Waals surface area (Å²) >= 11 is 0. The van der Waals surface area contributed by atoms with Crippen molar-refractivity contribution in [2.45, 2.75) is 25.4 Å². The Morgan fingerprint density at radius 1 is 1.30 bits per heavy atom. The van der Waals surface area contributed by atoms with Gasteiger partial charge in [0.15, 0.2) is 0 Å². The Labute approximate surface area is 119 Å². The summed E-state index contributed by atoms with van der Waals surface area (Å²) in [6.45, 7) is 1.49. The zero-order chi connectivity index (χ0) is 14.7. The molecule has 1 aliphatic heterocycles. The molecule has 20 heavy (non-hydrogen) atoms. The van der Waals surface area contributed by atoms with Crippen molar-refractivity contribution in [2.24, 2.45) is 5.73 Å². The van der Waals surface area contributed by atoms with Crippen LogP contribution in [0.4, 0.5) is 0 Å². The lowest BCUT2D eigenvalue weighted by Gasteiger charge is -2.24. The zero-order valence-electron chi connectivity index (χ0n) is 12.0. The van der Waals surface area contributed by atoms with Crippen molar-refractivity contribution in [3.8, 4) is 0 Å². The maximum atomic E-state index is 11.8. The van der Waals surface area contributed by atoms with Crippen molar-refractivity contribution in [3.63, 3.8) is 0 Å². The minimum absolute atomic E-state index is 0.0246. The van der Waals surface area contributed by atoms with Gasteiger partial charge in [-0.05, 0) is 38.1 Å². The molecule has 1 heterocycles. The first-order valence-corrected chi connectivity index (χ1v) is 6.83. The molecule has 5 nitrogen and oxygen atoms in total. The third kappa shape index (κ3) is 3.17. The summed E-state index contributed by atoms with van der Waals surface area (Å²) in [5.74, 6) is -1.45. The fourth-order valence-corrected chi connectivity index (χ4v) is 2.71. The van der Waals surface area contributed by atoms with Crippen LogP contribution in [0.1, 0.15) is 30.0 Å². The Hall–Kier alpha value is -1.88. The van der Waals surface area contributed by atoms with Gasteiger partial charge < -0.3 is 15.5 Å². The number of likely N-dealkylation sites (tertiary alicyclic amines) is 1. The number of carbonyl (C=O) groups excluding carboxylic acids is 2. The van der Waals surface area contributed by atoms with E-state index in [0.29, 0.717) is 6.54 Å². The summed E-state index contributed by atoms with van der Waals surface area (Å²) in [6.07, 6.45) is 1.79. The third-order valence-corrected chi connectivity index (χ3v) is 3.59. The molecular formula is C15H21N3O2. The number of nitrogens with zero attached hydrogens (tertiary/aromatic N) is 2. The fraction of sp³-hybridized carbons (Fsp3) is 0.467. The predicted octanol–water partition coefficient (Wildman–Crippen LogP) is 0.897. The minimum atomic E-state index is -0.874. The number of nitrogens with two attached hydrogens (primary N) is 1. The first kappa shape index (κ1) is 14.5. The maximum absolute atomic E-state index is 11.8. The molecule has 2 rings (SSSR count). The summed E-state index contributed by atoms with van der Waals surface area (Å²) in [5, 5.41) is 0. The Balaban J connectivity index is 2.14. The van der Waals surface area contributed by atoms with Crippen molar-refractivity contribution < 1.29 is 9.59 Å². The monoisotopic (exact) mass is 275 g/mol. The van der Waals surface area contributed by atoms with E-state index in [1.54, 1.807) is 4.90 Å². The van der Waals surface area contributed by atoms with Gasteiger partial charge in [0.25, 0.3) is 0 Å². The molecule has 1 aromatic rings. The number of benzene rings is 1. The van der Waals surface area contributed by atoms with E-state index >= 15 is 0 Å². The number of amides is 2. The topological polar surface area (TPSA) is 66.6 Å². The van der Waals surface area contributed by atoms with Gasteiger partial charge in [-0.1, -0.05) is 24.3 Å². The van der Waals surface area contributed by atoms with Crippen LogP contribution in [0.2, 0.25) is 0 Å². The molecule has 0 radical (unpaired) electrons. The van der Waals surface area contributed by atoms with Crippen molar-refractivity contribution in [2.75, 3.05) is 20.6 Å². The summed E-state index contributed by atoms with van der Waals surface area (Å²) in [5.41, 5.74) is 7.39. The molecule has 0 spiro atoms. The first-order valence-electron chi connectivity index (χ1n) is 6.83. The van der Waals surface area contributed by atoms with Crippen LogP contribution in [0, 0.1) is 0 Å². The Morgan fingerprint density at radius 3 is 2.50 bits per heavy atom. The van der Waals surface area contributed by atoms with Crippen LogP contribution in [0.15, 0.2) is 24.3 Å². The second-order valence-electron chi connectivity index (χ2n) is 5.50. The second-order valence-corrected chi connectivity index (χ2v) is 5.50. The van der Waals surface area contributed by atoms with Gasteiger partial charge in [0.1, 0.15) is 0 Å². The molecule has 0 saturated carbocycles. The van der Waals surface area contributed by atoms with Crippen LogP contribution in [0.3, 0.4) is 0 Å². The molecule has 0 bridgehead atoms. The lowest BCUT2D eigenvalue weighted by Crippen LogP contribution is -2.39. The van der Waals surface area contributed by atoms with E-state index in [1.165, 1.54) is 5.56 Å². The highest BCUT2D eigenvalue weighted by Crippen LogP contribution is 2.32. The van der Waals surface area contributed by atoms with Gasteiger partial charge in [-0.25, -0.2) is 0 Å². The molecule has 2 amide bonds. The SMILES string of the molecule is CN(C)Cc1ccc([C@H]2CCCN2C(=O)C(N)=O)cc1. The Morgan fingerprint density at radius 2 is 1.95 bits per heavy atom. The lowest BCUT2D eigenvalue weighted by atomic mass is 10.0. The van der Waals surface area contributed by atoms with Gasteiger partial charge in [0, 0.05) is 13.1 Å². The molecule has 2 N–H and O–H groups in total. The zero-order valence-corrected chi connectivity index (χ0v) is 12.0. The van der Waals surface area contributed by atoms with Gasteiger partial charge in [-0.15, -0.1) is 0 Å². The average Bonchev–Trinajstić information content (AvgIpc) is 2.87. The van der Waals surface area contributed by atoms with Gasteiger partial charge in [0.2, 0.25) is 0 Å². The van der Waals surface area contributed by atoms with Crippen LogP contribution in [0.5, 0.6) is 0 Å². The second kappa shape index (κ2) is 6.05. The van der Waals surface area contributed by atoms with Crippen LogP contribution in [-0.2, 0) is 16.1 Å². The minimum Gasteiger partial charge on any atom is -0.361 e. The average molecular weight is 275 g/mol. The van der Waals surface area contributed by atoms with E-state index in [2.05, 4.69) is 17.0 Å². The van der Waals surface area contributed by atoms with Gasteiger partial charge >= 0.3 is 11.8 Å². The Kier molecular flexibility index (Phi) is 4.39. The van der Waals surface area contributed by atoms with E-state index in [9.17, 15) is 9.59 Å². The molecule has 108 valence electrons. The highest BCUT2D eigenvalue weighted by molar-refractivity contribution is 6.34. The van der Waals surface area contributed by atoms with Crippen LogP contribution >= 0.6 is 0 Å². The smallest absolute Gasteiger partial charge is 0.312 e. The van der Waals surface area contributed by atoms with E-state index in [-0.39, 0.29) is 6.04 Å². The molecule has 5 heteroatoms. The van der Waals surface area contributed by atoms with Gasteiger partial charge in [-0.2, -0.15) is 0 Å². The summed E-state index contributed by atoms with van der Waals surface area (Å²) in [7, 11) is 4.05. The van der Waals surface area contributed by atoms with E-state index in [0.717, 1.165) is 24.9 Å². The molecule has 0 aromatic heterocycles. The lowest BCUT2D eigenvalue weighted by molar-refractivity contribution is -0.144. The van der Waals surface area contributed by atoms with Crippen molar-refractivity contribution in [3.05, 3.63) is 35.4 Å². The summed E-state index contributed by atoms with van der Waals surface area (Å²) in [6, 6.07) is 8.19. The van der Waals surface area contributed by atoms with Crippen molar-refractivity contribution in [1.29, 1.82) is 0 Å². The normalized spacial score (nSPS) is 18.6.